The molecule has 1 heterocycles. The number of nitrogens with one attached hydrogen (secondary N) is 2. The highest BCUT2D eigenvalue weighted by Gasteiger charge is 2.38. The Bertz CT molecular complexity index is 1530. The van der Waals surface area contributed by atoms with Crippen LogP contribution in [0.25, 0.3) is 11.1 Å². The van der Waals surface area contributed by atoms with Gasteiger partial charge in [0.15, 0.2) is 0 Å². The van der Waals surface area contributed by atoms with E-state index in [-0.39, 0.29) is 15.6 Å². The summed E-state index contributed by atoms with van der Waals surface area (Å²) in [5.41, 5.74) is 7.00. The highest BCUT2D eigenvalue weighted by molar-refractivity contribution is 8.01. The second kappa shape index (κ2) is 11.5. The first kappa shape index (κ1) is 30.1. The third-order valence-electron chi connectivity index (χ3n) is 4.33. The van der Waals surface area contributed by atoms with Gasteiger partial charge >= 0.3 is 12.1 Å². The zero-order valence-corrected chi connectivity index (χ0v) is 22.3. The number of hydrogen-bond acceptors (Lipinski definition) is 8. The second-order valence-corrected chi connectivity index (χ2v) is 12.9. The summed E-state index contributed by atoms with van der Waals surface area (Å²) in [5.74, 6) is -2.95. The van der Waals surface area contributed by atoms with Crippen molar-refractivity contribution in [1.29, 1.82) is 5.41 Å². The summed E-state index contributed by atoms with van der Waals surface area (Å²) >= 11 is 2.43. The Labute approximate surface area is 219 Å². The van der Waals surface area contributed by atoms with E-state index in [1.807, 2.05) is 0 Å². The third kappa shape index (κ3) is 7.95. The number of nitrogen functional groups attached to an aromatic ring is 1. The van der Waals surface area contributed by atoms with E-state index in [1.165, 1.54) is 30.0 Å². The van der Waals surface area contributed by atoms with Gasteiger partial charge in [-0.3, -0.25) is 10.1 Å². The Morgan fingerprint density at radius 3 is 2.19 bits per heavy atom. The molecule has 5 N–H and O–H groups in total. The third-order valence-corrected chi connectivity index (χ3v) is 9.26. The van der Waals surface area contributed by atoms with Crippen LogP contribution in [-0.2, 0) is 24.7 Å². The van der Waals surface area contributed by atoms with Crippen LogP contribution >= 0.6 is 23.1 Å². The maximum atomic E-state index is 13.3. The van der Waals surface area contributed by atoms with Crippen LogP contribution in [-0.4, -0.2) is 52.4 Å². The van der Waals surface area contributed by atoms with Gasteiger partial charge in [0, 0.05) is 5.56 Å². The predicted octanol–water partition coefficient (Wildman–Crippen LogP) is 4.26. The number of rotatable bonds is 7. The number of amidine groups is 1. The van der Waals surface area contributed by atoms with E-state index in [0.29, 0.717) is 25.9 Å². The normalized spacial score (nSPS) is 11.8. The van der Waals surface area contributed by atoms with Crippen molar-refractivity contribution in [3.05, 3.63) is 59.5 Å². The fourth-order valence-electron chi connectivity index (χ4n) is 2.80. The van der Waals surface area contributed by atoms with Crippen molar-refractivity contribution in [2.45, 2.75) is 20.2 Å². The highest BCUT2D eigenvalue weighted by atomic mass is 32.2. The monoisotopic (exact) mass is 595 g/mol. The van der Waals surface area contributed by atoms with Crippen molar-refractivity contribution < 1.29 is 39.9 Å². The average molecular weight is 596 g/mol. The molecule has 37 heavy (non-hydrogen) atoms. The average Bonchev–Trinajstić information content (AvgIpc) is 3.24. The standard InChI is InChI=1S/C19H19N3O4S4.C2HF3O2/c1-27-19-17(11-16(28-19)18(20)21)30(25,26)13-7-5-6-12(10-13)14-8-3-4-9-15(14)22-29(2,23)24;3-2(4,5)1(6)7/h3-11,22H,1-2H3,(H3,20,21);(H,6,7). The molecular weight excluding hydrogens is 576 g/mol. The number of anilines is 1. The molecule has 2 aromatic carbocycles. The van der Waals surface area contributed by atoms with Crippen LogP contribution in [0, 0.1) is 5.41 Å². The number of aliphatic carboxylic acids is 1. The minimum atomic E-state index is -5.08. The van der Waals surface area contributed by atoms with E-state index in [2.05, 4.69) is 4.72 Å². The molecule has 0 unspecified atom stereocenters. The van der Waals surface area contributed by atoms with E-state index in [0.717, 1.165) is 17.6 Å². The van der Waals surface area contributed by atoms with Crippen LogP contribution in [0.15, 0.2) is 68.6 Å². The Kier molecular flexibility index (Phi) is 9.40. The lowest BCUT2D eigenvalue weighted by Gasteiger charge is -2.12. The quantitative estimate of drug-likeness (QED) is 0.179. The molecular formula is C21H20F3N3O6S4. The van der Waals surface area contributed by atoms with Gasteiger partial charge in [0.2, 0.25) is 19.9 Å². The Hall–Kier alpha value is -3.08. The molecule has 0 aliphatic heterocycles. The van der Waals surface area contributed by atoms with Gasteiger partial charge in [-0.05, 0) is 36.1 Å². The number of halogens is 3. The molecule has 0 fully saturated rings. The molecule has 0 bridgehead atoms. The molecule has 0 radical (unpaired) electrons. The van der Waals surface area contributed by atoms with E-state index in [1.54, 1.807) is 42.7 Å². The molecule has 0 aliphatic rings. The fourth-order valence-corrected chi connectivity index (χ4v) is 7.28. The van der Waals surface area contributed by atoms with E-state index in [4.69, 9.17) is 21.0 Å². The molecule has 16 heteroatoms. The number of alkyl halides is 3. The molecule has 0 saturated carbocycles. The molecule has 0 amide bonds. The fraction of sp³-hybridized carbons (Fsp3) is 0.143. The first-order chi connectivity index (χ1) is 17.0. The van der Waals surface area contributed by atoms with Gasteiger partial charge in [-0.25, -0.2) is 21.6 Å². The van der Waals surface area contributed by atoms with Crippen molar-refractivity contribution >= 4 is 60.5 Å². The SMILES string of the molecule is CSc1sc(C(=N)N)cc1S(=O)(=O)c1cccc(-c2ccccc2NS(C)(=O)=O)c1.O=C(O)C(F)(F)F. The number of sulfone groups is 1. The molecule has 0 spiro atoms. The first-order valence-electron chi connectivity index (χ1n) is 9.72. The number of thiophene rings is 1. The van der Waals surface area contributed by atoms with Gasteiger partial charge in [0.25, 0.3) is 0 Å². The summed E-state index contributed by atoms with van der Waals surface area (Å²) in [7, 11) is -7.38. The highest BCUT2D eigenvalue weighted by Crippen LogP contribution is 2.38. The summed E-state index contributed by atoms with van der Waals surface area (Å²) < 4.78 is 84.7. The predicted molar refractivity (Wildman–Crippen MR) is 137 cm³/mol. The molecule has 0 aliphatic carbocycles. The van der Waals surface area contributed by atoms with Crippen LogP contribution in [0.5, 0.6) is 0 Å². The molecule has 1 aromatic heterocycles. The van der Waals surface area contributed by atoms with Crippen LogP contribution in [0.2, 0.25) is 0 Å². The van der Waals surface area contributed by atoms with Crippen molar-refractivity contribution in [1.82, 2.24) is 0 Å². The van der Waals surface area contributed by atoms with Crippen molar-refractivity contribution in [2.75, 3.05) is 17.2 Å². The number of carbonyl (C=O) groups is 1. The topological polar surface area (TPSA) is 167 Å². The van der Waals surface area contributed by atoms with Gasteiger partial charge in [-0.2, -0.15) is 13.2 Å². The number of sulfonamides is 1. The van der Waals surface area contributed by atoms with Crippen LogP contribution in [0.3, 0.4) is 0 Å². The number of thioether (sulfide) groups is 1. The Morgan fingerprint density at radius 2 is 1.68 bits per heavy atom. The summed E-state index contributed by atoms with van der Waals surface area (Å²) in [6.07, 6.45) is -2.27. The van der Waals surface area contributed by atoms with Crippen molar-refractivity contribution in [3.63, 3.8) is 0 Å². The number of benzene rings is 2. The van der Waals surface area contributed by atoms with Crippen LogP contribution < -0.4 is 10.5 Å². The maximum absolute atomic E-state index is 13.3. The Balaban J connectivity index is 0.000000604. The lowest BCUT2D eigenvalue weighted by molar-refractivity contribution is -0.192. The van der Waals surface area contributed by atoms with Gasteiger partial charge in [0.05, 0.1) is 30.8 Å². The molecule has 0 atom stereocenters. The number of hydrogen-bond donors (Lipinski definition) is 4. The molecule has 3 rings (SSSR count). The summed E-state index contributed by atoms with van der Waals surface area (Å²) in [4.78, 5) is 9.45. The molecule has 9 nitrogen and oxygen atoms in total. The van der Waals surface area contributed by atoms with Gasteiger partial charge in [-0.15, -0.1) is 23.1 Å². The van der Waals surface area contributed by atoms with E-state index in [9.17, 15) is 30.0 Å². The minimum Gasteiger partial charge on any atom is -0.475 e. The van der Waals surface area contributed by atoms with Crippen LogP contribution in [0.1, 0.15) is 4.88 Å². The van der Waals surface area contributed by atoms with Crippen molar-refractivity contribution in [3.8, 4) is 11.1 Å². The maximum Gasteiger partial charge on any atom is 0.490 e. The molecule has 200 valence electrons. The first-order valence-corrected chi connectivity index (χ1v) is 15.1. The zero-order valence-electron chi connectivity index (χ0n) is 19.0. The smallest absolute Gasteiger partial charge is 0.475 e. The van der Waals surface area contributed by atoms with Crippen molar-refractivity contribution in [2.24, 2.45) is 5.73 Å². The van der Waals surface area contributed by atoms with Gasteiger partial charge in [-0.1, -0.05) is 30.3 Å². The lowest BCUT2D eigenvalue weighted by Crippen LogP contribution is -2.21. The summed E-state index contributed by atoms with van der Waals surface area (Å²) in [5, 5.41) is 14.7. The lowest BCUT2D eigenvalue weighted by atomic mass is 10.0. The second-order valence-electron chi connectivity index (χ2n) is 7.13. The number of carboxylic acids is 1. The molecule has 3 aromatic rings. The Morgan fingerprint density at radius 1 is 1.08 bits per heavy atom. The number of carboxylic acid groups (broad SMARTS) is 1. The number of para-hydroxylation sites is 1. The minimum absolute atomic E-state index is 0.0670. The van der Waals surface area contributed by atoms with Gasteiger partial charge in [0.1, 0.15) is 5.84 Å². The summed E-state index contributed by atoms with van der Waals surface area (Å²) in [6, 6.07) is 14.5. The zero-order chi connectivity index (χ0) is 28.2. The largest absolute Gasteiger partial charge is 0.490 e. The van der Waals surface area contributed by atoms with Crippen LogP contribution in [0.4, 0.5) is 18.9 Å². The van der Waals surface area contributed by atoms with E-state index < -0.39 is 32.0 Å². The molecule has 0 saturated heterocycles. The summed E-state index contributed by atoms with van der Waals surface area (Å²) in [6.45, 7) is 0. The number of nitrogens with two attached hydrogens (primary N) is 1. The van der Waals surface area contributed by atoms with E-state index >= 15 is 0 Å². The van der Waals surface area contributed by atoms with Gasteiger partial charge < -0.3 is 10.8 Å².